The van der Waals surface area contributed by atoms with Crippen molar-refractivity contribution in [3.8, 4) is 5.75 Å². The number of nitrogens with two attached hydrogens (primary N) is 3. The van der Waals surface area contributed by atoms with E-state index < -0.39 is 60.7 Å². The standard InChI is InChI=1S/C21H32N6O7/c22-8-2-1-3-15(20(33)25-11-18(30)31)26-21(34)16(10-17(24)29)27-19(32)14(23)9-12-4-6-13(28)7-5-12/h4-7,14-16,28H,1-3,8-11,22-23H2,(H2,24,29)(H,25,33)(H,26,34)(H,27,32)(H,30,31). The molecule has 1 aromatic rings. The Morgan fingerprint density at radius 1 is 0.912 bits per heavy atom. The predicted octanol–water partition coefficient (Wildman–Crippen LogP) is -2.56. The largest absolute Gasteiger partial charge is 0.508 e. The molecule has 11 N–H and O–H groups in total. The summed E-state index contributed by atoms with van der Waals surface area (Å²) in [5.41, 5.74) is 17.2. The Morgan fingerprint density at radius 2 is 1.53 bits per heavy atom. The number of phenols is 1. The number of aromatic hydroxyl groups is 1. The number of carbonyl (C=O) groups excluding carboxylic acids is 4. The van der Waals surface area contributed by atoms with Gasteiger partial charge in [0.05, 0.1) is 12.5 Å². The molecule has 0 aliphatic rings. The molecule has 0 radical (unpaired) electrons. The normalized spacial score (nSPS) is 13.2. The maximum Gasteiger partial charge on any atom is 0.322 e. The number of aliphatic carboxylic acids is 1. The summed E-state index contributed by atoms with van der Waals surface area (Å²) in [6.45, 7) is -0.285. The number of benzene rings is 1. The summed E-state index contributed by atoms with van der Waals surface area (Å²) in [5.74, 6) is -4.41. The van der Waals surface area contributed by atoms with Gasteiger partial charge in [-0.2, -0.15) is 0 Å². The van der Waals surface area contributed by atoms with Crippen LogP contribution in [-0.4, -0.2) is 71.0 Å². The Labute approximate surface area is 196 Å². The van der Waals surface area contributed by atoms with Crippen LogP contribution in [0.1, 0.15) is 31.2 Å². The first-order chi connectivity index (χ1) is 16.0. The summed E-state index contributed by atoms with van der Waals surface area (Å²) < 4.78 is 0. The van der Waals surface area contributed by atoms with E-state index >= 15 is 0 Å². The molecule has 13 heteroatoms. The van der Waals surface area contributed by atoms with E-state index in [1.807, 2.05) is 0 Å². The third kappa shape index (κ3) is 10.7. The lowest BCUT2D eigenvalue weighted by Gasteiger charge is -2.23. The zero-order chi connectivity index (χ0) is 25.7. The zero-order valence-electron chi connectivity index (χ0n) is 18.7. The Balaban J connectivity index is 2.86. The first-order valence-electron chi connectivity index (χ1n) is 10.7. The highest BCUT2D eigenvalue weighted by Crippen LogP contribution is 2.11. The minimum Gasteiger partial charge on any atom is -0.508 e. The van der Waals surface area contributed by atoms with Crippen molar-refractivity contribution in [3.63, 3.8) is 0 Å². The number of carbonyl (C=O) groups is 5. The molecule has 0 bridgehead atoms. The SMILES string of the molecule is NCCCCC(NC(=O)C(CC(N)=O)NC(=O)C(N)Cc1ccc(O)cc1)C(=O)NCC(=O)O. The highest BCUT2D eigenvalue weighted by atomic mass is 16.4. The molecule has 188 valence electrons. The molecule has 0 saturated carbocycles. The number of carboxylic acids is 1. The quantitative estimate of drug-likeness (QED) is 0.123. The van der Waals surface area contributed by atoms with Crippen LogP contribution in [0, 0.1) is 0 Å². The summed E-state index contributed by atoms with van der Waals surface area (Å²) in [7, 11) is 0. The van der Waals surface area contributed by atoms with Crippen LogP contribution in [0.2, 0.25) is 0 Å². The van der Waals surface area contributed by atoms with Crippen LogP contribution in [0.15, 0.2) is 24.3 Å². The third-order valence-electron chi connectivity index (χ3n) is 4.76. The molecule has 0 heterocycles. The van der Waals surface area contributed by atoms with Crippen LogP contribution < -0.4 is 33.2 Å². The van der Waals surface area contributed by atoms with Crippen molar-refractivity contribution in [1.82, 2.24) is 16.0 Å². The molecule has 4 amide bonds. The number of amides is 4. The number of nitrogens with one attached hydrogen (secondary N) is 3. The van der Waals surface area contributed by atoms with Crippen LogP contribution in [0.25, 0.3) is 0 Å². The van der Waals surface area contributed by atoms with Crippen LogP contribution in [-0.2, 0) is 30.4 Å². The topological polar surface area (TPSA) is 240 Å². The lowest BCUT2D eigenvalue weighted by Crippen LogP contribution is -2.57. The van der Waals surface area contributed by atoms with E-state index in [2.05, 4.69) is 16.0 Å². The van der Waals surface area contributed by atoms with E-state index in [1.165, 1.54) is 12.1 Å². The average Bonchev–Trinajstić information content (AvgIpc) is 2.77. The van der Waals surface area contributed by atoms with Crippen molar-refractivity contribution < 1.29 is 34.2 Å². The van der Waals surface area contributed by atoms with Crippen LogP contribution in [0.4, 0.5) is 0 Å². The number of rotatable bonds is 15. The third-order valence-corrected chi connectivity index (χ3v) is 4.76. The molecule has 0 aromatic heterocycles. The van der Waals surface area contributed by atoms with Crippen molar-refractivity contribution in [3.05, 3.63) is 29.8 Å². The van der Waals surface area contributed by atoms with Gasteiger partial charge in [0.15, 0.2) is 0 Å². The number of primary amides is 1. The Kier molecular flexibility index (Phi) is 12.0. The van der Waals surface area contributed by atoms with Gasteiger partial charge < -0.3 is 43.4 Å². The van der Waals surface area contributed by atoms with Gasteiger partial charge in [-0.05, 0) is 49.9 Å². The molecule has 13 nitrogen and oxygen atoms in total. The van der Waals surface area contributed by atoms with E-state index in [1.54, 1.807) is 12.1 Å². The summed E-state index contributed by atoms with van der Waals surface area (Å²) in [6, 6.07) is 2.44. The number of unbranched alkanes of at least 4 members (excludes halogenated alkanes) is 1. The molecular weight excluding hydrogens is 448 g/mol. The highest BCUT2D eigenvalue weighted by Gasteiger charge is 2.29. The molecule has 0 aliphatic carbocycles. The predicted molar refractivity (Wildman–Crippen MR) is 121 cm³/mol. The van der Waals surface area contributed by atoms with Crippen molar-refractivity contribution >= 4 is 29.6 Å². The molecule has 1 aromatic carbocycles. The lowest BCUT2D eigenvalue weighted by atomic mass is 10.0. The molecular formula is C21H32N6O7. The number of hydrogen-bond acceptors (Lipinski definition) is 8. The molecule has 3 atom stereocenters. The summed E-state index contributed by atoms with van der Waals surface area (Å²) >= 11 is 0. The molecule has 34 heavy (non-hydrogen) atoms. The molecule has 1 rings (SSSR count). The number of hydrogen-bond donors (Lipinski definition) is 8. The van der Waals surface area contributed by atoms with Crippen molar-refractivity contribution in [2.75, 3.05) is 13.1 Å². The van der Waals surface area contributed by atoms with Gasteiger partial charge in [0.25, 0.3) is 0 Å². The van der Waals surface area contributed by atoms with E-state index in [9.17, 15) is 29.1 Å². The second kappa shape index (κ2) is 14.4. The number of carboxylic acid groups (broad SMARTS) is 1. The maximum absolute atomic E-state index is 12.8. The van der Waals surface area contributed by atoms with Crippen molar-refractivity contribution in [2.24, 2.45) is 17.2 Å². The van der Waals surface area contributed by atoms with Crippen molar-refractivity contribution in [2.45, 2.75) is 50.2 Å². The van der Waals surface area contributed by atoms with Crippen LogP contribution in [0.5, 0.6) is 5.75 Å². The first kappa shape index (κ1) is 28.3. The molecule has 0 aliphatic heterocycles. The minimum absolute atomic E-state index is 0.0494. The molecule has 3 unspecified atom stereocenters. The van der Waals surface area contributed by atoms with Crippen LogP contribution in [0.3, 0.4) is 0 Å². The second-order valence-electron chi connectivity index (χ2n) is 7.67. The fraction of sp³-hybridized carbons (Fsp3) is 0.476. The highest BCUT2D eigenvalue weighted by molar-refractivity contribution is 5.95. The van der Waals surface area contributed by atoms with E-state index in [0.29, 0.717) is 24.9 Å². The van der Waals surface area contributed by atoms with Gasteiger partial charge in [-0.1, -0.05) is 12.1 Å². The Hall–Kier alpha value is -3.71. The average molecular weight is 481 g/mol. The second-order valence-corrected chi connectivity index (χ2v) is 7.67. The lowest BCUT2D eigenvalue weighted by molar-refractivity contribution is -0.138. The fourth-order valence-corrected chi connectivity index (χ4v) is 2.99. The zero-order valence-corrected chi connectivity index (χ0v) is 18.7. The van der Waals surface area contributed by atoms with Gasteiger partial charge in [0.1, 0.15) is 24.4 Å². The monoisotopic (exact) mass is 480 g/mol. The Morgan fingerprint density at radius 3 is 2.09 bits per heavy atom. The number of phenolic OH excluding ortho intramolecular Hbond substituents is 1. The van der Waals surface area contributed by atoms with E-state index in [0.717, 1.165) is 0 Å². The smallest absolute Gasteiger partial charge is 0.322 e. The minimum atomic E-state index is -1.40. The summed E-state index contributed by atoms with van der Waals surface area (Å²) in [5, 5.41) is 25.1. The summed E-state index contributed by atoms with van der Waals surface area (Å²) in [4.78, 5) is 59.9. The van der Waals surface area contributed by atoms with Gasteiger partial charge in [0.2, 0.25) is 23.6 Å². The first-order valence-corrected chi connectivity index (χ1v) is 10.7. The van der Waals surface area contributed by atoms with Gasteiger partial charge in [0, 0.05) is 0 Å². The summed E-state index contributed by atoms with van der Waals surface area (Å²) in [6.07, 6.45) is 0.733. The van der Waals surface area contributed by atoms with Gasteiger partial charge in [-0.3, -0.25) is 24.0 Å². The van der Waals surface area contributed by atoms with E-state index in [-0.39, 0.29) is 18.6 Å². The van der Waals surface area contributed by atoms with Crippen molar-refractivity contribution in [1.29, 1.82) is 0 Å². The van der Waals surface area contributed by atoms with E-state index in [4.69, 9.17) is 22.3 Å². The van der Waals surface area contributed by atoms with Gasteiger partial charge in [-0.25, -0.2) is 0 Å². The van der Waals surface area contributed by atoms with Crippen LogP contribution >= 0.6 is 0 Å². The van der Waals surface area contributed by atoms with Gasteiger partial charge >= 0.3 is 5.97 Å². The maximum atomic E-state index is 12.8. The fourth-order valence-electron chi connectivity index (χ4n) is 2.99. The molecule has 0 saturated heterocycles. The molecule has 0 spiro atoms. The Bertz CT molecular complexity index is 862. The molecule has 0 fully saturated rings. The van der Waals surface area contributed by atoms with Gasteiger partial charge in [-0.15, -0.1) is 0 Å².